The third-order valence-electron chi connectivity index (χ3n) is 2.96. The lowest BCUT2D eigenvalue weighted by atomic mass is 10.1. The number of thiazole rings is 1. The zero-order chi connectivity index (χ0) is 12.8. The van der Waals surface area contributed by atoms with Gasteiger partial charge in [0.1, 0.15) is 0 Å². The molecule has 0 amide bonds. The van der Waals surface area contributed by atoms with Gasteiger partial charge in [-0.05, 0) is 40.2 Å². The van der Waals surface area contributed by atoms with Gasteiger partial charge in [-0.3, -0.25) is 0 Å². The molecule has 17 heavy (non-hydrogen) atoms. The van der Waals surface area contributed by atoms with Gasteiger partial charge in [-0.2, -0.15) is 0 Å². The maximum absolute atomic E-state index is 5.99. The molecule has 1 rings (SSSR count). The molecular weight excluding hydrogens is 230 g/mol. The molecule has 1 aromatic rings. The fourth-order valence-electron chi connectivity index (χ4n) is 2.04. The molecule has 0 aliphatic carbocycles. The summed E-state index contributed by atoms with van der Waals surface area (Å²) >= 11 is 1.79. The highest BCUT2D eigenvalue weighted by Gasteiger charge is 2.12. The number of aryl methyl sites for hydroxylation is 2. The van der Waals surface area contributed by atoms with Crippen LogP contribution in [-0.2, 0) is 0 Å². The van der Waals surface area contributed by atoms with E-state index in [-0.39, 0.29) is 0 Å². The van der Waals surface area contributed by atoms with Crippen molar-refractivity contribution in [2.24, 2.45) is 5.73 Å². The van der Waals surface area contributed by atoms with Crippen molar-refractivity contribution < 1.29 is 0 Å². The number of rotatable bonds is 7. The van der Waals surface area contributed by atoms with E-state index < -0.39 is 0 Å². The van der Waals surface area contributed by atoms with Crippen LogP contribution < -0.4 is 11.1 Å². The zero-order valence-electron chi connectivity index (χ0n) is 11.4. The van der Waals surface area contributed by atoms with Crippen molar-refractivity contribution in [1.82, 2.24) is 10.3 Å². The van der Waals surface area contributed by atoms with Gasteiger partial charge in [-0.25, -0.2) is 4.98 Å². The van der Waals surface area contributed by atoms with E-state index in [1.54, 1.807) is 11.3 Å². The van der Waals surface area contributed by atoms with Crippen LogP contribution in [0, 0.1) is 13.8 Å². The summed E-state index contributed by atoms with van der Waals surface area (Å²) in [6, 6.07) is 0.721. The summed E-state index contributed by atoms with van der Waals surface area (Å²) in [6.07, 6.45) is 3.34. The minimum Gasteiger partial charge on any atom is -0.328 e. The molecule has 2 unspecified atom stereocenters. The van der Waals surface area contributed by atoms with Gasteiger partial charge in [0.25, 0.3) is 0 Å². The van der Waals surface area contributed by atoms with E-state index in [1.807, 2.05) is 0 Å². The second-order valence-corrected chi connectivity index (χ2v) is 5.93. The molecule has 0 aliphatic heterocycles. The highest BCUT2D eigenvalue weighted by molar-refractivity contribution is 7.11. The van der Waals surface area contributed by atoms with E-state index in [0.29, 0.717) is 12.1 Å². The minimum absolute atomic E-state index is 0.337. The molecule has 0 bridgehead atoms. The average molecular weight is 255 g/mol. The Labute approximate surface area is 109 Å². The lowest BCUT2D eigenvalue weighted by Gasteiger charge is -2.15. The third kappa shape index (κ3) is 4.74. The van der Waals surface area contributed by atoms with Crippen LogP contribution in [0.4, 0.5) is 0 Å². The van der Waals surface area contributed by atoms with Crippen LogP contribution in [0.1, 0.15) is 54.7 Å². The summed E-state index contributed by atoms with van der Waals surface area (Å²) in [4.78, 5) is 5.81. The normalized spacial score (nSPS) is 14.9. The number of aromatic nitrogens is 1. The standard InChI is InChI=1S/C13H25N3S/c1-5-6-12(14)7-8-15-9(2)13-10(3)16-11(4)17-13/h9,12,15H,5-8,14H2,1-4H3. The fourth-order valence-corrected chi connectivity index (χ4v) is 3.00. The monoisotopic (exact) mass is 255 g/mol. The largest absolute Gasteiger partial charge is 0.328 e. The van der Waals surface area contributed by atoms with Gasteiger partial charge in [-0.15, -0.1) is 11.3 Å². The molecular formula is C13H25N3S. The molecule has 0 spiro atoms. The Balaban J connectivity index is 2.35. The van der Waals surface area contributed by atoms with Gasteiger partial charge in [-0.1, -0.05) is 13.3 Å². The number of nitrogens with zero attached hydrogens (tertiary/aromatic N) is 1. The Hall–Kier alpha value is -0.450. The highest BCUT2D eigenvalue weighted by atomic mass is 32.1. The summed E-state index contributed by atoms with van der Waals surface area (Å²) in [6.45, 7) is 9.51. The molecule has 0 saturated carbocycles. The number of hydrogen-bond acceptors (Lipinski definition) is 4. The van der Waals surface area contributed by atoms with E-state index in [0.717, 1.165) is 30.1 Å². The number of nitrogens with one attached hydrogen (secondary N) is 1. The van der Waals surface area contributed by atoms with E-state index in [4.69, 9.17) is 5.73 Å². The third-order valence-corrected chi connectivity index (χ3v) is 4.21. The van der Waals surface area contributed by atoms with Gasteiger partial charge < -0.3 is 11.1 Å². The second-order valence-electron chi connectivity index (χ2n) is 4.70. The van der Waals surface area contributed by atoms with Crippen molar-refractivity contribution in [2.45, 2.75) is 59.0 Å². The van der Waals surface area contributed by atoms with Gasteiger partial charge in [0, 0.05) is 17.0 Å². The van der Waals surface area contributed by atoms with E-state index >= 15 is 0 Å². The average Bonchev–Trinajstić information content (AvgIpc) is 2.58. The van der Waals surface area contributed by atoms with Crippen molar-refractivity contribution >= 4 is 11.3 Å². The molecule has 4 heteroatoms. The molecule has 0 aromatic carbocycles. The maximum atomic E-state index is 5.99. The molecule has 0 aliphatic rings. The fraction of sp³-hybridized carbons (Fsp3) is 0.769. The van der Waals surface area contributed by atoms with Crippen molar-refractivity contribution in [1.29, 1.82) is 0 Å². The maximum Gasteiger partial charge on any atom is 0.0900 e. The Morgan fingerprint density at radius 3 is 2.59 bits per heavy atom. The topological polar surface area (TPSA) is 50.9 Å². The summed E-state index contributed by atoms with van der Waals surface area (Å²) < 4.78 is 0. The lowest BCUT2D eigenvalue weighted by Crippen LogP contribution is -2.27. The van der Waals surface area contributed by atoms with Crippen molar-refractivity contribution in [3.8, 4) is 0 Å². The minimum atomic E-state index is 0.337. The van der Waals surface area contributed by atoms with Crippen LogP contribution in [0.25, 0.3) is 0 Å². The van der Waals surface area contributed by atoms with Crippen LogP contribution in [0.15, 0.2) is 0 Å². The molecule has 3 N–H and O–H groups in total. The van der Waals surface area contributed by atoms with Gasteiger partial charge in [0.05, 0.1) is 10.7 Å². The van der Waals surface area contributed by atoms with Crippen LogP contribution in [0.3, 0.4) is 0 Å². The number of nitrogens with two attached hydrogens (primary N) is 1. The molecule has 0 radical (unpaired) electrons. The summed E-state index contributed by atoms with van der Waals surface area (Å²) in [5.74, 6) is 0. The van der Waals surface area contributed by atoms with Gasteiger partial charge in [0.15, 0.2) is 0 Å². The predicted octanol–water partition coefficient (Wildman–Crippen LogP) is 2.93. The first-order chi connectivity index (χ1) is 8.04. The summed E-state index contributed by atoms with van der Waals surface area (Å²) in [5, 5.41) is 4.68. The second kappa shape index (κ2) is 7.09. The Kier molecular flexibility index (Phi) is 6.09. The quantitative estimate of drug-likeness (QED) is 0.787. The molecule has 0 fully saturated rings. The van der Waals surface area contributed by atoms with Crippen LogP contribution in [-0.4, -0.2) is 17.6 Å². The zero-order valence-corrected chi connectivity index (χ0v) is 12.2. The lowest BCUT2D eigenvalue weighted by molar-refractivity contribution is 0.496. The molecule has 1 aromatic heterocycles. The first kappa shape index (κ1) is 14.6. The Morgan fingerprint density at radius 1 is 1.35 bits per heavy atom. The Morgan fingerprint density at radius 2 is 2.06 bits per heavy atom. The van der Waals surface area contributed by atoms with Crippen molar-refractivity contribution in [2.75, 3.05) is 6.54 Å². The van der Waals surface area contributed by atoms with Gasteiger partial charge in [0.2, 0.25) is 0 Å². The first-order valence-corrected chi connectivity index (χ1v) is 7.29. The Bertz CT molecular complexity index is 335. The highest BCUT2D eigenvalue weighted by Crippen LogP contribution is 2.24. The first-order valence-electron chi connectivity index (χ1n) is 6.47. The van der Waals surface area contributed by atoms with E-state index in [1.165, 1.54) is 11.3 Å². The van der Waals surface area contributed by atoms with Crippen LogP contribution >= 0.6 is 11.3 Å². The number of hydrogen-bond donors (Lipinski definition) is 2. The predicted molar refractivity (Wildman–Crippen MR) is 75.5 cm³/mol. The van der Waals surface area contributed by atoms with Crippen molar-refractivity contribution in [3.63, 3.8) is 0 Å². The molecule has 0 saturated heterocycles. The molecule has 98 valence electrons. The van der Waals surface area contributed by atoms with Crippen LogP contribution in [0.5, 0.6) is 0 Å². The molecule has 2 atom stereocenters. The van der Waals surface area contributed by atoms with Crippen molar-refractivity contribution in [3.05, 3.63) is 15.6 Å². The SMILES string of the molecule is CCCC(N)CCNC(C)c1sc(C)nc1C. The summed E-state index contributed by atoms with van der Waals surface area (Å²) in [7, 11) is 0. The van der Waals surface area contributed by atoms with E-state index in [2.05, 4.69) is 38.0 Å². The van der Waals surface area contributed by atoms with E-state index in [9.17, 15) is 0 Å². The molecule has 3 nitrogen and oxygen atoms in total. The molecule has 1 heterocycles. The van der Waals surface area contributed by atoms with Crippen LogP contribution in [0.2, 0.25) is 0 Å². The van der Waals surface area contributed by atoms with Gasteiger partial charge >= 0.3 is 0 Å². The summed E-state index contributed by atoms with van der Waals surface area (Å²) in [5.41, 5.74) is 7.15. The smallest absolute Gasteiger partial charge is 0.0900 e.